The van der Waals surface area contributed by atoms with Gasteiger partial charge in [0.15, 0.2) is 0 Å². The van der Waals surface area contributed by atoms with E-state index in [-0.39, 0.29) is 23.3 Å². The summed E-state index contributed by atoms with van der Waals surface area (Å²) in [5.74, 6) is -1.39. The molecule has 1 aliphatic carbocycles. The molecular weight excluding hydrogens is 261 g/mol. The Balaban J connectivity index is 1.81. The number of amides is 1. The van der Waals surface area contributed by atoms with Crippen LogP contribution in [0.4, 0.5) is 10.1 Å². The molecule has 2 aromatic rings. The fourth-order valence-corrected chi connectivity index (χ4v) is 2.56. The highest BCUT2D eigenvalue weighted by Gasteiger charge is 2.28. The molecule has 0 spiro atoms. The van der Waals surface area contributed by atoms with Gasteiger partial charge in [0.05, 0.1) is 17.8 Å². The number of anilines is 1. The summed E-state index contributed by atoms with van der Waals surface area (Å²) in [5, 5.41) is 18.6. The Hall–Kier alpha value is -2.37. The Kier molecular flexibility index (Phi) is 3.14. The number of carbonyl (C=O) groups excluding carboxylic acids is 1. The van der Waals surface area contributed by atoms with Gasteiger partial charge in [-0.2, -0.15) is 5.10 Å². The molecule has 6 heteroatoms. The first-order valence-electron chi connectivity index (χ1n) is 6.46. The highest BCUT2D eigenvalue weighted by molar-refractivity contribution is 5.96. The molecule has 20 heavy (non-hydrogen) atoms. The number of phenols is 1. The minimum absolute atomic E-state index is 0.0726. The van der Waals surface area contributed by atoms with E-state index in [9.17, 15) is 9.18 Å². The van der Waals surface area contributed by atoms with Gasteiger partial charge in [0, 0.05) is 17.3 Å². The summed E-state index contributed by atoms with van der Waals surface area (Å²) in [6, 6.07) is 3.66. The number of aromatic nitrogens is 2. The number of benzene rings is 1. The molecule has 1 aromatic carbocycles. The number of nitrogens with one attached hydrogen (secondary N) is 2. The van der Waals surface area contributed by atoms with Gasteiger partial charge in [0.1, 0.15) is 11.6 Å². The second kappa shape index (κ2) is 4.96. The molecule has 1 heterocycles. The fraction of sp³-hybridized carbons (Fsp3) is 0.286. The Morgan fingerprint density at radius 3 is 3.15 bits per heavy atom. The summed E-state index contributed by atoms with van der Waals surface area (Å²) in [5.41, 5.74) is 1.93. The number of H-pyrrole nitrogens is 1. The Bertz CT molecular complexity index is 654. The predicted molar refractivity (Wildman–Crippen MR) is 71.0 cm³/mol. The van der Waals surface area contributed by atoms with Crippen LogP contribution in [0.25, 0.3) is 0 Å². The Morgan fingerprint density at radius 1 is 1.50 bits per heavy atom. The zero-order valence-corrected chi connectivity index (χ0v) is 10.7. The average Bonchev–Trinajstić information content (AvgIpc) is 2.90. The van der Waals surface area contributed by atoms with E-state index in [4.69, 9.17) is 5.11 Å². The lowest BCUT2D eigenvalue weighted by Crippen LogP contribution is -2.24. The van der Waals surface area contributed by atoms with Crippen LogP contribution in [0.3, 0.4) is 0 Å². The molecule has 0 radical (unpaired) electrons. The van der Waals surface area contributed by atoms with Crippen LogP contribution in [0.5, 0.6) is 5.75 Å². The first kappa shape index (κ1) is 12.7. The normalized spacial score (nSPS) is 17.6. The zero-order chi connectivity index (χ0) is 14.1. The van der Waals surface area contributed by atoms with Crippen molar-refractivity contribution in [2.24, 2.45) is 0 Å². The number of aromatic hydroxyl groups is 1. The van der Waals surface area contributed by atoms with Crippen molar-refractivity contribution >= 4 is 11.6 Å². The van der Waals surface area contributed by atoms with E-state index in [2.05, 4.69) is 15.5 Å². The third-order valence-corrected chi connectivity index (χ3v) is 3.57. The summed E-state index contributed by atoms with van der Waals surface area (Å²) in [7, 11) is 0. The van der Waals surface area contributed by atoms with Gasteiger partial charge < -0.3 is 10.4 Å². The Labute approximate surface area is 114 Å². The first-order valence-corrected chi connectivity index (χ1v) is 6.46. The molecule has 1 aliphatic rings. The minimum atomic E-state index is -0.651. The van der Waals surface area contributed by atoms with Crippen molar-refractivity contribution in [1.82, 2.24) is 10.2 Å². The number of aromatic amines is 1. The van der Waals surface area contributed by atoms with Gasteiger partial charge in [-0.15, -0.1) is 0 Å². The van der Waals surface area contributed by atoms with Crippen LogP contribution in [-0.4, -0.2) is 21.2 Å². The number of nitrogens with zero attached hydrogens (tertiary/aromatic N) is 1. The van der Waals surface area contributed by atoms with Crippen LogP contribution < -0.4 is 5.32 Å². The van der Waals surface area contributed by atoms with Crippen molar-refractivity contribution in [3.8, 4) is 5.75 Å². The maximum Gasteiger partial charge on any atom is 0.232 e. The molecule has 104 valence electrons. The van der Waals surface area contributed by atoms with Crippen LogP contribution in [0.1, 0.15) is 30.0 Å². The molecule has 1 atom stereocenters. The zero-order valence-electron chi connectivity index (χ0n) is 10.7. The number of aryl methyl sites for hydroxylation is 1. The van der Waals surface area contributed by atoms with Crippen LogP contribution >= 0.6 is 0 Å². The van der Waals surface area contributed by atoms with Crippen molar-refractivity contribution in [3.05, 3.63) is 41.5 Å². The van der Waals surface area contributed by atoms with Gasteiger partial charge in [-0.05, 0) is 31.4 Å². The molecule has 3 N–H and O–H groups in total. The molecule has 3 rings (SSSR count). The van der Waals surface area contributed by atoms with Crippen molar-refractivity contribution in [3.63, 3.8) is 0 Å². The van der Waals surface area contributed by atoms with Gasteiger partial charge in [0.25, 0.3) is 0 Å². The van der Waals surface area contributed by atoms with Gasteiger partial charge in [0.2, 0.25) is 5.91 Å². The smallest absolute Gasteiger partial charge is 0.232 e. The van der Waals surface area contributed by atoms with Crippen molar-refractivity contribution in [1.29, 1.82) is 0 Å². The highest BCUT2D eigenvalue weighted by atomic mass is 19.1. The second-order valence-electron chi connectivity index (χ2n) is 4.90. The number of carbonyl (C=O) groups is 1. The van der Waals surface area contributed by atoms with Crippen molar-refractivity contribution in [2.45, 2.75) is 25.2 Å². The van der Waals surface area contributed by atoms with E-state index in [1.54, 1.807) is 6.20 Å². The van der Waals surface area contributed by atoms with E-state index in [0.717, 1.165) is 36.6 Å². The summed E-state index contributed by atoms with van der Waals surface area (Å²) >= 11 is 0. The maximum absolute atomic E-state index is 13.6. The van der Waals surface area contributed by atoms with E-state index in [1.807, 2.05) is 0 Å². The summed E-state index contributed by atoms with van der Waals surface area (Å²) in [6.07, 6.45) is 4.15. The van der Waals surface area contributed by atoms with Gasteiger partial charge >= 0.3 is 0 Å². The number of hydrogen-bond donors (Lipinski definition) is 3. The van der Waals surface area contributed by atoms with E-state index in [1.165, 1.54) is 12.1 Å². The lowest BCUT2D eigenvalue weighted by molar-refractivity contribution is -0.117. The predicted octanol–water partition coefficient (Wildman–Crippen LogP) is 2.31. The molecule has 1 aromatic heterocycles. The standard InChI is InChI=1S/C14H14FN3O2/c15-11-6-8(19)4-5-13(11)17-14(20)9-2-1-3-12-10(9)7-16-18-12/h4-7,9,19H,1-3H2,(H,16,18)(H,17,20)/t9-/m0/s1. The topological polar surface area (TPSA) is 78.0 Å². The molecule has 5 nitrogen and oxygen atoms in total. The third-order valence-electron chi connectivity index (χ3n) is 3.57. The molecule has 0 fully saturated rings. The summed E-state index contributed by atoms with van der Waals surface area (Å²) in [4.78, 5) is 12.3. The first-order chi connectivity index (χ1) is 9.65. The van der Waals surface area contributed by atoms with Crippen LogP contribution in [-0.2, 0) is 11.2 Å². The number of fused-ring (bicyclic) bond motifs is 1. The second-order valence-corrected chi connectivity index (χ2v) is 4.90. The van der Waals surface area contributed by atoms with Gasteiger partial charge in [-0.3, -0.25) is 9.89 Å². The monoisotopic (exact) mass is 275 g/mol. The van der Waals surface area contributed by atoms with Gasteiger partial charge in [-0.1, -0.05) is 0 Å². The molecule has 0 saturated carbocycles. The quantitative estimate of drug-likeness (QED) is 0.736. The van der Waals surface area contributed by atoms with E-state index < -0.39 is 5.82 Å². The van der Waals surface area contributed by atoms with E-state index >= 15 is 0 Å². The summed E-state index contributed by atoms with van der Waals surface area (Å²) < 4.78 is 13.6. The fourth-order valence-electron chi connectivity index (χ4n) is 2.56. The number of rotatable bonds is 2. The maximum atomic E-state index is 13.6. The largest absolute Gasteiger partial charge is 0.508 e. The van der Waals surface area contributed by atoms with Crippen LogP contribution in [0, 0.1) is 5.82 Å². The molecule has 1 amide bonds. The SMILES string of the molecule is O=C(Nc1ccc(O)cc1F)[C@H]1CCCc2[nH]ncc21. The Morgan fingerprint density at radius 2 is 2.35 bits per heavy atom. The molecule has 0 saturated heterocycles. The lowest BCUT2D eigenvalue weighted by atomic mass is 9.86. The molecular formula is C14H14FN3O2. The molecule has 0 unspecified atom stereocenters. The number of hydrogen-bond acceptors (Lipinski definition) is 3. The minimum Gasteiger partial charge on any atom is -0.508 e. The molecule has 0 aliphatic heterocycles. The lowest BCUT2D eigenvalue weighted by Gasteiger charge is -2.21. The van der Waals surface area contributed by atoms with Crippen molar-refractivity contribution < 1.29 is 14.3 Å². The summed E-state index contributed by atoms with van der Waals surface area (Å²) in [6.45, 7) is 0. The number of halogens is 1. The van der Waals surface area contributed by atoms with Crippen LogP contribution in [0.15, 0.2) is 24.4 Å². The van der Waals surface area contributed by atoms with E-state index in [0.29, 0.717) is 0 Å². The number of phenolic OH excluding ortho intramolecular Hbond substituents is 1. The van der Waals surface area contributed by atoms with Crippen molar-refractivity contribution in [2.75, 3.05) is 5.32 Å². The third kappa shape index (κ3) is 2.24. The van der Waals surface area contributed by atoms with Crippen LogP contribution in [0.2, 0.25) is 0 Å². The molecule has 0 bridgehead atoms. The van der Waals surface area contributed by atoms with Gasteiger partial charge in [-0.25, -0.2) is 4.39 Å². The average molecular weight is 275 g/mol. The highest BCUT2D eigenvalue weighted by Crippen LogP contribution is 2.31.